The lowest BCUT2D eigenvalue weighted by atomic mass is 10.2. The molecule has 2 aromatic heterocycles. The van der Waals surface area contributed by atoms with Gasteiger partial charge in [0.1, 0.15) is 5.75 Å². The van der Waals surface area contributed by atoms with Crippen LogP contribution in [0, 0.1) is 24.4 Å². The number of ether oxygens (including phenoxy) is 1. The van der Waals surface area contributed by atoms with Gasteiger partial charge in [-0.15, -0.1) is 0 Å². The molecule has 1 aromatic carbocycles. The third kappa shape index (κ3) is 3.62. The molecule has 0 bridgehead atoms. The van der Waals surface area contributed by atoms with Crippen molar-refractivity contribution in [2.24, 2.45) is 0 Å². The van der Waals surface area contributed by atoms with Crippen LogP contribution in [0.3, 0.4) is 0 Å². The summed E-state index contributed by atoms with van der Waals surface area (Å²) in [6.45, 7) is 1.80. The van der Waals surface area contributed by atoms with Crippen molar-refractivity contribution < 1.29 is 17.9 Å². The van der Waals surface area contributed by atoms with Gasteiger partial charge in [-0.2, -0.15) is 4.98 Å². The first-order chi connectivity index (χ1) is 14.4. The van der Waals surface area contributed by atoms with Crippen LogP contribution < -0.4 is 15.6 Å². The van der Waals surface area contributed by atoms with Gasteiger partial charge in [-0.1, -0.05) is 0 Å². The number of nitrogens with one attached hydrogen (secondary N) is 1. The van der Waals surface area contributed by atoms with Crippen LogP contribution in [0.15, 0.2) is 29.2 Å². The van der Waals surface area contributed by atoms with Crippen molar-refractivity contribution in [1.82, 2.24) is 14.5 Å². The number of methoxy groups -OCH3 is 1. The van der Waals surface area contributed by atoms with Gasteiger partial charge >= 0.3 is 0 Å². The average Bonchev–Trinajstić information content (AvgIpc) is 3.21. The summed E-state index contributed by atoms with van der Waals surface area (Å²) in [5.74, 6) is -3.32. The molecule has 0 fully saturated rings. The molecule has 3 aromatic rings. The van der Waals surface area contributed by atoms with Crippen molar-refractivity contribution in [3.05, 3.63) is 74.7 Å². The van der Waals surface area contributed by atoms with E-state index < -0.39 is 17.5 Å². The molecule has 0 amide bonds. The predicted molar refractivity (Wildman–Crippen MR) is 105 cm³/mol. The molecule has 1 aliphatic rings. The Morgan fingerprint density at radius 1 is 1.17 bits per heavy atom. The number of benzene rings is 1. The van der Waals surface area contributed by atoms with E-state index in [1.165, 1.54) is 7.11 Å². The van der Waals surface area contributed by atoms with Gasteiger partial charge in [0.05, 0.1) is 31.2 Å². The Bertz CT molecular complexity index is 1170. The van der Waals surface area contributed by atoms with Crippen LogP contribution in [-0.4, -0.2) is 21.6 Å². The number of rotatable bonds is 5. The van der Waals surface area contributed by atoms with Gasteiger partial charge in [0.15, 0.2) is 17.5 Å². The van der Waals surface area contributed by atoms with Crippen molar-refractivity contribution in [2.75, 3.05) is 12.4 Å². The Balaban J connectivity index is 1.82. The highest BCUT2D eigenvalue weighted by Gasteiger charge is 2.23. The lowest BCUT2D eigenvalue weighted by Gasteiger charge is -2.19. The quantitative estimate of drug-likeness (QED) is 0.643. The van der Waals surface area contributed by atoms with Crippen LogP contribution >= 0.6 is 0 Å². The van der Waals surface area contributed by atoms with E-state index in [2.05, 4.69) is 15.3 Å². The number of hydrogen-bond donors (Lipinski definition) is 1. The zero-order valence-corrected chi connectivity index (χ0v) is 16.4. The van der Waals surface area contributed by atoms with Gasteiger partial charge in [-0.3, -0.25) is 9.78 Å². The summed E-state index contributed by atoms with van der Waals surface area (Å²) in [5.41, 5.74) is 2.43. The molecule has 6 nitrogen and oxygen atoms in total. The number of hydrogen-bond acceptors (Lipinski definition) is 5. The Morgan fingerprint density at radius 3 is 2.60 bits per heavy atom. The molecule has 30 heavy (non-hydrogen) atoms. The maximum absolute atomic E-state index is 13.7. The van der Waals surface area contributed by atoms with Gasteiger partial charge in [-0.05, 0) is 43.9 Å². The minimum Gasteiger partial charge on any atom is -0.495 e. The summed E-state index contributed by atoms with van der Waals surface area (Å²) < 4.78 is 47.7. The maximum atomic E-state index is 13.7. The molecule has 1 N–H and O–H groups in total. The van der Waals surface area contributed by atoms with Gasteiger partial charge in [-0.25, -0.2) is 13.2 Å². The number of nitrogens with zero attached hydrogens (tertiary/aromatic N) is 3. The maximum Gasteiger partial charge on any atom is 0.277 e. The number of anilines is 2. The summed E-state index contributed by atoms with van der Waals surface area (Å²) in [7, 11) is 1.51. The molecule has 2 heterocycles. The highest BCUT2D eigenvalue weighted by molar-refractivity contribution is 5.59. The summed E-state index contributed by atoms with van der Waals surface area (Å²) in [6, 6.07) is 3.60. The lowest BCUT2D eigenvalue weighted by Crippen LogP contribution is -2.23. The fourth-order valence-corrected chi connectivity index (χ4v) is 3.63. The molecule has 1 aliphatic carbocycles. The van der Waals surface area contributed by atoms with E-state index in [0.29, 0.717) is 35.5 Å². The number of fused-ring (bicyclic) bond motifs is 1. The summed E-state index contributed by atoms with van der Waals surface area (Å²) >= 11 is 0. The molecule has 0 saturated heterocycles. The second-order valence-corrected chi connectivity index (χ2v) is 7.11. The zero-order valence-electron chi connectivity index (χ0n) is 16.4. The number of aryl methyl sites for hydroxylation is 1. The van der Waals surface area contributed by atoms with Crippen molar-refractivity contribution in [3.8, 4) is 5.75 Å². The topological polar surface area (TPSA) is 69.0 Å². The molecule has 4 rings (SSSR count). The third-order valence-corrected chi connectivity index (χ3v) is 5.16. The van der Waals surface area contributed by atoms with E-state index in [9.17, 15) is 18.0 Å². The number of aromatic nitrogens is 3. The first-order valence-corrected chi connectivity index (χ1v) is 9.41. The molecular weight excluding hydrogens is 397 g/mol. The fourth-order valence-electron chi connectivity index (χ4n) is 3.63. The zero-order chi connectivity index (χ0) is 21.4. The van der Waals surface area contributed by atoms with E-state index in [0.717, 1.165) is 24.2 Å². The molecule has 0 atom stereocenters. The van der Waals surface area contributed by atoms with E-state index in [1.807, 2.05) is 0 Å². The molecule has 0 spiro atoms. The Labute approximate surface area is 170 Å². The lowest BCUT2D eigenvalue weighted by molar-refractivity contribution is 0.413. The normalized spacial score (nSPS) is 12.7. The predicted octanol–water partition coefficient (Wildman–Crippen LogP) is 3.65. The number of halogens is 3. The van der Waals surface area contributed by atoms with Crippen molar-refractivity contribution in [3.63, 3.8) is 0 Å². The van der Waals surface area contributed by atoms with E-state index in [4.69, 9.17) is 4.74 Å². The van der Waals surface area contributed by atoms with Crippen LogP contribution in [0.5, 0.6) is 5.75 Å². The fraction of sp³-hybridized carbons (Fsp3) is 0.286. The Morgan fingerprint density at radius 2 is 1.90 bits per heavy atom. The first kappa shape index (κ1) is 19.9. The highest BCUT2D eigenvalue weighted by atomic mass is 19.2. The summed E-state index contributed by atoms with van der Waals surface area (Å²) in [4.78, 5) is 20.9. The van der Waals surface area contributed by atoms with Gasteiger partial charge in [0, 0.05) is 17.3 Å². The first-order valence-electron chi connectivity index (χ1n) is 9.41. The van der Waals surface area contributed by atoms with Gasteiger partial charge in [0.2, 0.25) is 5.95 Å². The summed E-state index contributed by atoms with van der Waals surface area (Å²) in [6.07, 6.45) is 3.56. The summed E-state index contributed by atoms with van der Waals surface area (Å²) in [5, 5.41) is 3.09. The van der Waals surface area contributed by atoms with E-state index in [1.54, 1.807) is 23.8 Å². The molecule has 0 radical (unpaired) electrons. The standard InChI is InChI=1S/C21H19F3N4O2/c1-11-17(8-13(30-2)9-25-11)26-21-27-20(29)14-4-3-5-18(14)28(21)10-12-6-15(22)19(24)16(23)7-12/h6-9H,3-5,10H2,1-2H3,(H,26,27,29). The van der Waals surface area contributed by atoms with E-state index >= 15 is 0 Å². The highest BCUT2D eigenvalue weighted by Crippen LogP contribution is 2.27. The SMILES string of the molecule is COc1cnc(C)c(Nc2nc(=O)c3c(n2Cc2cc(F)c(F)c(F)c2)CCC3)c1. The minimum absolute atomic E-state index is 0.0164. The monoisotopic (exact) mass is 416 g/mol. The number of pyridine rings is 1. The van der Waals surface area contributed by atoms with Crippen molar-refractivity contribution >= 4 is 11.6 Å². The second kappa shape index (κ2) is 7.81. The molecule has 9 heteroatoms. The largest absolute Gasteiger partial charge is 0.495 e. The Kier molecular flexibility index (Phi) is 5.19. The van der Waals surface area contributed by atoms with Crippen molar-refractivity contribution in [2.45, 2.75) is 32.7 Å². The smallest absolute Gasteiger partial charge is 0.277 e. The average molecular weight is 416 g/mol. The molecule has 0 unspecified atom stereocenters. The molecule has 0 aliphatic heterocycles. The minimum atomic E-state index is -1.52. The second-order valence-electron chi connectivity index (χ2n) is 7.11. The van der Waals surface area contributed by atoms with Gasteiger partial charge < -0.3 is 14.6 Å². The molecular formula is C21H19F3N4O2. The van der Waals surface area contributed by atoms with E-state index in [-0.39, 0.29) is 23.6 Å². The van der Waals surface area contributed by atoms with Crippen LogP contribution in [0.2, 0.25) is 0 Å². The van der Waals surface area contributed by atoms with Gasteiger partial charge in [0.25, 0.3) is 5.56 Å². The molecule has 0 saturated carbocycles. The Hall–Kier alpha value is -3.36. The van der Waals surface area contributed by atoms with Crippen LogP contribution in [0.4, 0.5) is 24.8 Å². The third-order valence-electron chi connectivity index (χ3n) is 5.16. The van der Waals surface area contributed by atoms with Crippen LogP contribution in [-0.2, 0) is 19.4 Å². The molecule has 156 valence electrons. The van der Waals surface area contributed by atoms with Crippen LogP contribution in [0.25, 0.3) is 0 Å². The van der Waals surface area contributed by atoms with Crippen molar-refractivity contribution in [1.29, 1.82) is 0 Å². The van der Waals surface area contributed by atoms with Crippen LogP contribution in [0.1, 0.15) is 28.9 Å².